The van der Waals surface area contributed by atoms with Crippen molar-refractivity contribution in [1.29, 1.82) is 0 Å². The Kier molecular flexibility index (Phi) is 7.66. The molecule has 1 amide bonds. The maximum atomic E-state index is 13.7. The number of halogens is 1. The first-order valence-corrected chi connectivity index (χ1v) is 12.2. The van der Waals surface area contributed by atoms with E-state index in [-0.39, 0.29) is 11.9 Å². The third-order valence-electron chi connectivity index (χ3n) is 6.15. The van der Waals surface area contributed by atoms with Crippen LogP contribution in [0.2, 0.25) is 5.02 Å². The van der Waals surface area contributed by atoms with E-state index < -0.39 is 0 Å². The Bertz CT molecular complexity index is 1250. The van der Waals surface area contributed by atoms with E-state index in [1.54, 1.807) is 0 Å². The molecule has 0 radical (unpaired) electrons. The first-order valence-electron chi connectivity index (χ1n) is 11.8. The van der Waals surface area contributed by atoms with Gasteiger partial charge in [-0.3, -0.25) is 4.79 Å². The number of amides is 1. The molecule has 1 aromatic heterocycles. The highest BCUT2D eigenvalue weighted by atomic mass is 35.5. The molecular weight excluding hydrogens is 444 g/mol. The lowest BCUT2D eigenvalue weighted by atomic mass is 10.1. The summed E-state index contributed by atoms with van der Waals surface area (Å²) >= 11 is 6.30. The van der Waals surface area contributed by atoms with Crippen molar-refractivity contribution < 1.29 is 4.79 Å². The highest BCUT2D eigenvalue weighted by Gasteiger charge is 2.29. The summed E-state index contributed by atoms with van der Waals surface area (Å²) in [5, 5.41) is 0.646. The number of imidazole rings is 1. The summed E-state index contributed by atoms with van der Waals surface area (Å²) in [6.07, 6.45) is 1.45. The standard InChI is InChI=1S/C28H31ClN4O/c1-3-25(32(17-7-16-30)28(34)22-12-10-20(2)11-13-22)27-31-24-18-23(29)14-15-26(24)33(27)19-21-8-5-4-6-9-21/h4-6,8-15,18,25H,3,7,16-17,19,30H2,1-2H3. The SMILES string of the molecule is CCC(c1nc2cc(Cl)ccc2n1Cc1ccccc1)N(CCCN)C(=O)c1ccc(C)cc1. The van der Waals surface area contributed by atoms with E-state index in [0.717, 1.165) is 35.3 Å². The third-order valence-corrected chi connectivity index (χ3v) is 6.38. The summed E-state index contributed by atoms with van der Waals surface area (Å²) in [6.45, 7) is 5.86. The molecule has 4 aromatic rings. The van der Waals surface area contributed by atoms with Crippen molar-refractivity contribution >= 4 is 28.5 Å². The maximum Gasteiger partial charge on any atom is 0.254 e. The first-order chi connectivity index (χ1) is 16.5. The van der Waals surface area contributed by atoms with Gasteiger partial charge in [-0.25, -0.2) is 4.98 Å². The van der Waals surface area contributed by atoms with Crippen LogP contribution in [-0.4, -0.2) is 33.4 Å². The zero-order valence-corrected chi connectivity index (χ0v) is 20.5. The monoisotopic (exact) mass is 474 g/mol. The van der Waals surface area contributed by atoms with Gasteiger partial charge >= 0.3 is 0 Å². The zero-order chi connectivity index (χ0) is 24.1. The molecule has 176 valence electrons. The van der Waals surface area contributed by atoms with Crippen LogP contribution < -0.4 is 5.73 Å². The minimum Gasteiger partial charge on any atom is -0.330 e. The van der Waals surface area contributed by atoms with Crippen LogP contribution in [0.4, 0.5) is 0 Å². The molecule has 1 unspecified atom stereocenters. The van der Waals surface area contributed by atoms with Crippen molar-refractivity contribution in [3.63, 3.8) is 0 Å². The van der Waals surface area contributed by atoms with E-state index in [9.17, 15) is 4.79 Å². The fourth-order valence-corrected chi connectivity index (χ4v) is 4.54. The van der Waals surface area contributed by atoms with Crippen molar-refractivity contribution in [3.8, 4) is 0 Å². The number of nitrogens with two attached hydrogens (primary N) is 1. The van der Waals surface area contributed by atoms with Gasteiger partial charge in [0, 0.05) is 23.7 Å². The second-order valence-corrected chi connectivity index (χ2v) is 9.04. The summed E-state index contributed by atoms with van der Waals surface area (Å²) < 4.78 is 2.22. The molecular formula is C28H31ClN4O. The van der Waals surface area contributed by atoms with E-state index in [2.05, 4.69) is 23.6 Å². The fraction of sp³-hybridized carbons (Fsp3) is 0.286. The van der Waals surface area contributed by atoms with Crippen LogP contribution >= 0.6 is 11.6 Å². The summed E-state index contributed by atoms with van der Waals surface area (Å²) in [5.74, 6) is 0.859. The summed E-state index contributed by atoms with van der Waals surface area (Å²) in [4.78, 5) is 20.6. The Morgan fingerprint density at radius 2 is 1.82 bits per heavy atom. The molecule has 34 heavy (non-hydrogen) atoms. The Balaban J connectivity index is 1.81. The topological polar surface area (TPSA) is 64.2 Å². The molecule has 6 heteroatoms. The van der Waals surface area contributed by atoms with Gasteiger partial charge in [-0.2, -0.15) is 0 Å². The predicted molar refractivity (Wildman–Crippen MR) is 139 cm³/mol. The number of fused-ring (bicyclic) bond motifs is 1. The summed E-state index contributed by atoms with van der Waals surface area (Å²) in [7, 11) is 0. The number of nitrogens with zero attached hydrogens (tertiary/aromatic N) is 3. The lowest BCUT2D eigenvalue weighted by molar-refractivity contribution is 0.0657. The minimum atomic E-state index is -0.199. The van der Waals surface area contributed by atoms with Crippen LogP contribution in [0.1, 0.15) is 53.1 Å². The van der Waals surface area contributed by atoms with Crippen LogP contribution in [0.5, 0.6) is 0 Å². The van der Waals surface area contributed by atoms with E-state index in [1.165, 1.54) is 5.56 Å². The molecule has 0 fully saturated rings. The van der Waals surface area contributed by atoms with Gasteiger partial charge in [0.15, 0.2) is 0 Å². The molecule has 0 saturated carbocycles. The number of carbonyl (C=O) groups excluding carboxylic acids is 1. The smallest absolute Gasteiger partial charge is 0.254 e. The maximum absolute atomic E-state index is 13.7. The van der Waals surface area contributed by atoms with Crippen LogP contribution in [0.3, 0.4) is 0 Å². The second-order valence-electron chi connectivity index (χ2n) is 8.61. The van der Waals surface area contributed by atoms with E-state index >= 15 is 0 Å². The molecule has 3 aromatic carbocycles. The normalized spacial score (nSPS) is 12.1. The fourth-order valence-electron chi connectivity index (χ4n) is 4.37. The zero-order valence-electron chi connectivity index (χ0n) is 19.7. The molecule has 0 spiro atoms. The highest BCUT2D eigenvalue weighted by molar-refractivity contribution is 6.31. The van der Waals surface area contributed by atoms with Gasteiger partial charge < -0.3 is 15.2 Å². The van der Waals surface area contributed by atoms with Crippen molar-refractivity contribution in [3.05, 3.63) is 100 Å². The van der Waals surface area contributed by atoms with Crippen LogP contribution in [0.15, 0.2) is 72.8 Å². The first kappa shape index (κ1) is 24.0. The predicted octanol–water partition coefficient (Wildman–Crippen LogP) is 5.99. The van der Waals surface area contributed by atoms with Crippen molar-refractivity contribution in [2.75, 3.05) is 13.1 Å². The van der Waals surface area contributed by atoms with Gasteiger partial charge in [0.25, 0.3) is 5.91 Å². The molecule has 0 aliphatic heterocycles. The Labute approximate surface area is 206 Å². The highest BCUT2D eigenvalue weighted by Crippen LogP contribution is 2.31. The Morgan fingerprint density at radius 1 is 1.09 bits per heavy atom. The lowest BCUT2D eigenvalue weighted by Gasteiger charge is -2.31. The van der Waals surface area contributed by atoms with Gasteiger partial charge in [0.1, 0.15) is 5.82 Å². The van der Waals surface area contributed by atoms with Gasteiger partial charge in [0.2, 0.25) is 0 Å². The Hall–Kier alpha value is -3.15. The molecule has 4 rings (SSSR count). The summed E-state index contributed by atoms with van der Waals surface area (Å²) in [6, 6.07) is 23.6. The van der Waals surface area contributed by atoms with Crippen molar-refractivity contribution in [2.45, 2.75) is 39.3 Å². The van der Waals surface area contributed by atoms with Gasteiger partial charge in [-0.15, -0.1) is 0 Å². The van der Waals surface area contributed by atoms with Crippen LogP contribution in [0, 0.1) is 6.92 Å². The molecule has 1 atom stereocenters. The van der Waals surface area contributed by atoms with E-state index in [0.29, 0.717) is 30.2 Å². The van der Waals surface area contributed by atoms with Gasteiger partial charge in [-0.1, -0.05) is 66.6 Å². The lowest BCUT2D eigenvalue weighted by Crippen LogP contribution is -2.37. The molecule has 0 saturated heterocycles. The Morgan fingerprint density at radius 3 is 2.50 bits per heavy atom. The third kappa shape index (κ3) is 5.16. The second kappa shape index (κ2) is 10.9. The number of rotatable bonds is 9. The number of benzene rings is 3. The van der Waals surface area contributed by atoms with Gasteiger partial charge in [-0.05, 0) is 62.2 Å². The van der Waals surface area contributed by atoms with Crippen molar-refractivity contribution in [1.82, 2.24) is 14.5 Å². The largest absolute Gasteiger partial charge is 0.330 e. The molecule has 5 nitrogen and oxygen atoms in total. The number of aryl methyl sites for hydroxylation is 1. The summed E-state index contributed by atoms with van der Waals surface area (Å²) in [5.41, 5.74) is 10.7. The van der Waals surface area contributed by atoms with Crippen molar-refractivity contribution in [2.24, 2.45) is 5.73 Å². The van der Waals surface area contributed by atoms with E-state index in [1.807, 2.05) is 72.5 Å². The molecule has 2 N–H and O–H groups in total. The number of hydrogen-bond acceptors (Lipinski definition) is 3. The molecule has 0 aliphatic carbocycles. The number of hydrogen-bond donors (Lipinski definition) is 1. The number of carbonyl (C=O) groups is 1. The number of aromatic nitrogens is 2. The van der Waals surface area contributed by atoms with Crippen LogP contribution in [0.25, 0.3) is 11.0 Å². The van der Waals surface area contributed by atoms with Gasteiger partial charge in [0.05, 0.1) is 17.1 Å². The average Bonchev–Trinajstić information content (AvgIpc) is 3.19. The average molecular weight is 475 g/mol. The minimum absolute atomic E-state index is 0.00310. The molecule has 0 bridgehead atoms. The quantitative estimate of drug-likeness (QED) is 0.324. The molecule has 1 heterocycles. The van der Waals surface area contributed by atoms with Crippen LogP contribution in [-0.2, 0) is 6.54 Å². The molecule has 0 aliphatic rings. The van der Waals surface area contributed by atoms with E-state index in [4.69, 9.17) is 22.3 Å².